The molecule has 0 bridgehead atoms. The normalized spacial score (nSPS) is 29.8. The number of aliphatic hydroxyl groups is 1. The van der Waals surface area contributed by atoms with Crippen molar-refractivity contribution in [3.63, 3.8) is 0 Å². The number of likely N-dealkylation sites (tertiary alicyclic amines) is 2. The zero-order valence-electron chi connectivity index (χ0n) is 11.1. The van der Waals surface area contributed by atoms with Crippen LogP contribution in [0.2, 0.25) is 0 Å². The van der Waals surface area contributed by atoms with Gasteiger partial charge in [0.15, 0.2) is 6.04 Å². The molecule has 0 radical (unpaired) electrons. The zero-order chi connectivity index (χ0) is 14.9. The van der Waals surface area contributed by atoms with Gasteiger partial charge in [0.1, 0.15) is 6.04 Å². The summed E-state index contributed by atoms with van der Waals surface area (Å²) in [4.78, 5) is 37.9. The molecule has 2 fully saturated rings. The van der Waals surface area contributed by atoms with Crippen LogP contribution in [-0.2, 0) is 14.4 Å². The summed E-state index contributed by atoms with van der Waals surface area (Å²) in [5.41, 5.74) is 5.32. The van der Waals surface area contributed by atoms with Crippen molar-refractivity contribution in [2.45, 2.75) is 37.5 Å². The van der Waals surface area contributed by atoms with Gasteiger partial charge in [-0.25, -0.2) is 4.79 Å². The number of aliphatic carboxylic acids is 1. The number of amides is 2. The first-order valence-corrected chi connectivity index (χ1v) is 6.68. The maximum absolute atomic E-state index is 12.5. The lowest BCUT2D eigenvalue weighted by molar-refractivity contribution is -0.154. The van der Waals surface area contributed by atoms with Gasteiger partial charge in [0.25, 0.3) is 0 Å². The molecule has 2 aliphatic rings. The molecule has 20 heavy (non-hydrogen) atoms. The third kappa shape index (κ3) is 2.48. The van der Waals surface area contributed by atoms with Crippen LogP contribution in [0.4, 0.5) is 0 Å². The number of carbonyl (C=O) groups excluding carboxylic acids is 2. The summed E-state index contributed by atoms with van der Waals surface area (Å²) >= 11 is 0. The van der Waals surface area contributed by atoms with Gasteiger partial charge in [-0.2, -0.15) is 0 Å². The van der Waals surface area contributed by atoms with E-state index in [4.69, 9.17) is 10.8 Å². The first kappa shape index (κ1) is 14.7. The molecule has 2 amide bonds. The molecule has 4 N–H and O–H groups in total. The van der Waals surface area contributed by atoms with Gasteiger partial charge in [-0.05, 0) is 19.3 Å². The molecule has 3 unspecified atom stereocenters. The van der Waals surface area contributed by atoms with Gasteiger partial charge in [0.2, 0.25) is 11.8 Å². The van der Waals surface area contributed by atoms with Crippen molar-refractivity contribution in [2.75, 3.05) is 19.6 Å². The zero-order valence-corrected chi connectivity index (χ0v) is 11.1. The van der Waals surface area contributed by atoms with Crippen LogP contribution in [0.3, 0.4) is 0 Å². The average molecular weight is 285 g/mol. The SMILES string of the molecule is NCC(=O)N1CCCC1C(=O)N1CCC(O)C1C(=O)O. The predicted octanol–water partition coefficient (Wildman–Crippen LogP) is -2.02. The minimum atomic E-state index is -1.22. The van der Waals surface area contributed by atoms with E-state index >= 15 is 0 Å². The van der Waals surface area contributed by atoms with Crippen molar-refractivity contribution in [2.24, 2.45) is 5.73 Å². The van der Waals surface area contributed by atoms with Gasteiger partial charge in [0, 0.05) is 13.1 Å². The molecule has 2 saturated heterocycles. The van der Waals surface area contributed by atoms with Crippen LogP contribution in [0.1, 0.15) is 19.3 Å². The van der Waals surface area contributed by atoms with Gasteiger partial charge in [-0.3, -0.25) is 9.59 Å². The summed E-state index contributed by atoms with van der Waals surface area (Å²) in [6, 6.07) is -1.88. The molecule has 2 aliphatic heterocycles. The van der Waals surface area contributed by atoms with Crippen LogP contribution in [0.15, 0.2) is 0 Å². The lowest BCUT2D eigenvalue weighted by atomic mass is 10.1. The Morgan fingerprint density at radius 1 is 1.15 bits per heavy atom. The standard InChI is InChI=1S/C12H19N3O5/c13-6-9(17)14-4-1-2-7(14)11(18)15-5-3-8(16)10(15)12(19)20/h7-8,10,16H,1-6,13H2,(H,19,20). The Morgan fingerprint density at radius 3 is 2.45 bits per heavy atom. The first-order valence-electron chi connectivity index (χ1n) is 6.68. The van der Waals surface area contributed by atoms with E-state index in [0.29, 0.717) is 19.4 Å². The van der Waals surface area contributed by atoms with E-state index in [1.165, 1.54) is 9.80 Å². The highest BCUT2D eigenvalue weighted by molar-refractivity contribution is 5.92. The van der Waals surface area contributed by atoms with Crippen LogP contribution in [0.5, 0.6) is 0 Å². The maximum Gasteiger partial charge on any atom is 0.329 e. The number of carboxylic acid groups (broad SMARTS) is 1. The minimum Gasteiger partial charge on any atom is -0.480 e. The van der Waals surface area contributed by atoms with Crippen molar-refractivity contribution in [3.05, 3.63) is 0 Å². The van der Waals surface area contributed by atoms with Crippen molar-refractivity contribution >= 4 is 17.8 Å². The van der Waals surface area contributed by atoms with Crippen molar-refractivity contribution < 1.29 is 24.6 Å². The summed E-state index contributed by atoms with van der Waals surface area (Å²) in [7, 11) is 0. The fourth-order valence-corrected chi connectivity index (χ4v) is 2.95. The van der Waals surface area contributed by atoms with Crippen LogP contribution in [-0.4, -0.2) is 75.6 Å². The summed E-state index contributed by atoms with van der Waals surface area (Å²) in [6.07, 6.45) is 0.372. The number of hydrogen-bond donors (Lipinski definition) is 3. The molecule has 0 saturated carbocycles. The molecule has 8 nitrogen and oxygen atoms in total. The van der Waals surface area contributed by atoms with Crippen LogP contribution in [0, 0.1) is 0 Å². The second-order valence-corrected chi connectivity index (χ2v) is 5.12. The lowest BCUT2D eigenvalue weighted by Crippen LogP contribution is -2.53. The van der Waals surface area contributed by atoms with Crippen LogP contribution in [0.25, 0.3) is 0 Å². The number of rotatable bonds is 3. The fraction of sp³-hybridized carbons (Fsp3) is 0.750. The van der Waals surface area contributed by atoms with Gasteiger partial charge < -0.3 is 25.7 Å². The van der Waals surface area contributed by atoms with E-state index in [1.54, 1.807) is 0 Å². The Hall–Kier alpha value is -1.67. The topological polar surface area (TPSA) is 124 Å². The van der Waals surface area contributed by atoms with Gasteiger partial charge in [-0.15, -0.1) is 0 Å². The molecule has 3 atom stereocenters. The Morgan fingerprint density at radius 2 is 1.85 bits per heavy atom. The number of aliphatic hydroxyl groups excluding tert-OH is 1. The molecule has 0 aromatic rings. The fourth-order valence-electron chi connectivity index (χ4n) is 2.95. The van der Waals surface area contributed by atoms with Crippen molar-refractivity contribution in [1.29, 1.82) is 0 Å². The summed E-state index contributed by atoms with van der Waals surface area (Å²) in [5.74, 6) is -1.95. The van der Waals surface area contributed by atoms with E-state index in [0.717, 1.165) is 0 Å². The molecule has 2 rings (SSSR count). The van der Waals surface area contributed by atoms with Crippen molar-refractivity contribution in [1.82, 2.24) is 9.80 Å². The molecule has 0 aromatic carbocycles. The van der Waals surface area contributed by atoms with Crippen LogP contribution < -0.4 is 5.73 Å². The third-order valence-corrected chi connectivity index (χ3v) is 3.93. The lowest BCUT2D eigenvalue weighted by Gasteiger charge is -2.30. The summed E-state index contributed by atoms with van der Waals surface area (Å²) in [6.45, 7) is 0.480. The Balaban J connectivity index is 2.14. The smallest absolute Gasteiger partial charge is 0.329 e. The van der Waals surface area contributed by atoms with Crippen LogP contribution >= 0.6 is 0 Å². The monoisotopic (exact) mass is 285 g/mol. The highest BCUT2D eigenvalue weighted by Crippen LogP contribution is 2.25. The molecule has 8 heteroatoms. The van der Waals surface area contributed by atoms with E-state index in [9.17, 15) is 19.5 Å². The maximum atomic E-state index is 12.5. The number of carboxylic acids is 1. The first-order chi connectivity index (χ1) is 9.47. The highest BCUT2D eigenvalue weighted by Gasteiger charge is 2.45. The second-order valence-electron chi connectivity index (χ2n) is 5.12. The summed E-state index contributed by atoms with van der Waals surface area (Å²) < 4.78 is 0. The largest absolute Gasteiger partial charge is 0.480 e. The molecule has 0 aromatic heterocycles. The van der Waals surface area contributed by atoms with Crippen molar-refractivity contribution in [3.8, 4) is 0 Å². The quantitative estimate of drug-likeness (QED) is 0.550. The van der Waals surface area contributed by atoms with Gasteiger partial charge in [-0.1, -0.05) is 0 Å². The highest BCUT2D eigenvalue weighted by atomic mass is 16.4. The van der Waals surface area contributed by atoms with E-state index in [2.05, 4.69) is 0 Å². The molecular formula is C12H19N3O5. The Kier molecular flexibility index (Phi) is 4.24. The number of hydrogen-bond acceptors (Lipinski definition) is 5. The Labute approximate surface area is 116 Å². The number of carbonyl (C=O) groups is 3. The molecule has 112 valence electrons. The molecule has 0 aliphatic carbocycles. The Bertz CT molecular complexity index is 427. The average Bonchev–Trinajstić information content (AvgIpc) is 3.03. The molecular weight excluding hydrogens is 266 g/mol. The third-order valence-electron chi connectivity index (χ3n) is 3.93. The van der Waals surface area contributed by atoms with E-state index < -0.39 is 30.1 Å². The second kappa shape index (κ2) is 5.76. The van der Waals surface area contributed by atoms with Gasteiger partial charge >= 0.3 is 5.97 Å². The molecule has 2 heterocycles. The van der Waals surface area contributed by atoms with E-state index in [1.807, 2.05) is 0 Å². The predicted molar refractivity (Wildman–Crippen MR) is 67.6 cm³/mol. The van der Waals surface area contributed by atoms with E-state index in [-0.39, 0.29) is 25.4 Å². The molecule has 0 spiro atoms. The summed E-state index contributed by atoms with van der Waals surface area (Å²) in [5, 5.41) is 18.8. The van der Waals surface area contributed by atoms with Gasteiger partial charge in [0.05, 0.1) is 12.6 Å². The minimum absolute atomic E-state index is 0.172. The number of nitrogens with zero attached hydrogens (tertiary/aromatic N) is 2. The number of nitrogens with two attached hydrogens (primary N) is 1.